The quantitative estimate of drug-likeness (QED) is 0.807. The first-order chi connectivity index (χ1) is 9.15. The zero-order valence-corrected chi connectivity index (χ0v) is 12.8. The van der Waals surface area contributed by atoms with Gasteiger partial charge in [0.15, 0.2) is 6.61 Å². The van der Waals surface area contributed by atoms with E-state index in [0.29, 0.717) is 16.5 Å². The zero-order chi connectivity index (χ0) is 13.7. The van der Waals surface area contributed by atoms with Crippen molar-refractivity contribution in [2.24, 2.45) is 0 Å². The van der Waals surface area contributed by atoms with Crippen LogP contribution in [0.25, 0.3) is 0 Å². The predicted octanol–water partition coefficient (Wildman–Crippen LogP) is 3.96. The number of rotatable bonds is 4. The number of carbonyl (C=O) groups is 1. The lowest BCUT2D eigenvalue weighted by Gasteiger charge is -2.08. The molecule has 98 valence electrons. The van der Waals surface area contributed by atoms with Crippen molar-refractivity contribution >= 4 is 45.8 Å². The number of para-hydroxylation sites is 1. The summed E-state index contributed by atoms with van der Waals surface area (Å²) in [5, 5.41) is 3.37. The third-order valence-electron chi connectivity index (χ3n) is 2.32. The highest BCUT2D eigenvalue weighted by Gasteiger charge is 2.05. The molecule has 0 radical (unpaired) electrons. The smallest absolute Gasteiger partial charge is 0.262 e. The Morgan fingerprint density at radius 1 is 1.16 bits per heavy atom. The van der Waals surface area contributed by atoms with Crippen LogP contribution in [-0.4, -0.2) is 12.5 Å². The number of halogens is 2. The highest BCUT2D eigenvalue weighted by atomic mass is 127. The van der Waals surface area contributed by atoms with E-state index in [0.717, 1.165) is 3.57 Å². The van der Waals surface area contributed by atoms with Crippen LogP contribution in [0.3, 0.4) is 0 Å². The number of carbonyl (C=O) groups excluding carboxylic acids is 1. The minimum Gasteiger partial charge on any atom is -0.483 e. The molecule has 0 fully saturated rings. The maximum Gasteiger partial charge on any atom is 0.262 e. The molecule has 2 aromatic carbocycles. The molecule has 0 aliphatic carbocycles. The lowest BCUT2D eigenvalue weighted by atomic mass is 10.3. The molecular formula is C14H11ClINO2. The Morgan fingerprint density at radius 3 is 2.53 bits per heavy atom. The molecule has 1 amide bonds. The SMILES string of the molecule is O=C(COc1ccccc1I)Nc1ccc(Cl)cc1. The highest BCUT2D eigenvalue weighted by molar-refractivity contribution is 14.1. The molecule has 19 heavy (non-hydrogen) atoms. The first-order valence-corrected chi connectivity index (χ1v) is 7.03. The standard InChI is InChI=1S/C14H11ClINO2/c15-10-5-7-11(8-6-10)17-14(18)9-19-13-4-2-1-3-12(13)16/h1-8H,9H2,(H,17,18). The maximum absolute atomic E-state index is 11.7. The average molecular weight is 388 g/mol. The minimum atomic E-state index is -0.207. The Hall–Kier alpha value is -1.27. The lowest BCUT2D eigenvalue weighted by molar-refractivity contribution is -0.118. The number of hydrogen-bond donors (Lipinski definition) is 1. The van der Waals surface area contributed by atoms with E-state index in [4.69, 9.17) is 16.3 Å². The van der Waals surface area contributed by atoms with Crippen LogP contribution in [0.4, 0.5) is 5.69 Å². The summed E-state index contributed by atoms with van der Waals surface area (Å²) >= 11 is 7.93. The molecule has 0 heterocycles. The molecule has 0 saturated heterocycles. The fraction of sp³-hybridized carbons (Fsp3) is 0.0714. The molecule has 0 saturated carbocycles. The number of hydrogen-bond acceptors (Lipinski definition) is 2. The second-order valence-corrected chi connectivity index (χ2v) is 5.37. The number of anilines is 1. The Labute approximate surface area is 130 Å². The molecule has 0 bridgehead atoms. The van der Waals surface area contributed by atoms with Gasteiger partial charge in [-0.15, -0.1) is 0 Å². The molecule has 2 rings (SSSR count). The second kappa shape index (κ2) is 6.77. The second-order valence-electron chi connectivity index (χ2n) is 3.77. The summed E-state index contributed by atoms with van der Waals surface area (Å²) in [6.07, 6.45) is 0. The first kappa shape index (κ1) is 14.1. The summed E-state index contributed by atoms with van der Waals surface area (Å²) in [6, 6.07) is 14.5. The van der Waals surface area contributed by atoms with Crippen LogP contribution in [0, 0.1) is 3.57 Å². The van der Waals surface area contributed by atoms with Gasteiger partial charge in [-0.05, 0) is 59.0 Å². The van der Waals surface area contributed by atoms with Gasteiger partial charge >= 0.3 is 0 Å². The summed E-state index contributed by atoms with van der Waals surface area (Å²) < 4.78 is 6.42. The van der Waals surface area contributed by atoms with Gasteiger partial charge in [-0.25, -0.2) is 0 Å². The molecule has 0 aliphatic rings. The summed E-state index contributed by atoms with van der Waals surface area (Å²) in [4.78, 5) is 11.7. The van der Waals surface area contributed by atoms with Crippen molar-refractivity contribution in [2.45, 2.75) is 0 Å². The van der Waals surface area contributed by atoms with Crippen LogP contribution in [0.2, 0.25) is 5.02 Å². The van der Waals surface area contributed by atoms with Gasteiger partial charge in [-0.1, -0.05) is 23.7 Å². The van der Waals surface area contributed by atoms with Crippen molar-refractivity contribution in [3.05, 3.63) is 57.1 Å². The number of amides is 1. The van der Waals surface area contributed by atoms with Gasteiger partial charge in [-0.2, -0.15) is 0 Å². The summed E-state index contributed by atoms with van der Waals surface area (Å²) in [7, 11) is 0. The minimum absolute atomic E-state index is 0.0252. The maximum atomic E-state index is 11.7. The Morgan fingerprint density at radius 2 is 1.84 bits per heavy atom. The van der Waals surface area contributed by atoms with Gasteiger partial charge in [0.25, 0.3) is 5.91 Å². The van der Waals surface area contributed by atoms with Gasteiger partial charge < -0.3 is 10.1 Å². The average Bonchev–Trinajstić information content (AvgIpc) is 2.40. The first-order valence-electron chi connectivity index (χ1n) is 5.58. The van der Waals surface area contributed by atoms with E-state index in [1.165, 1.54) is 0 Å². The van der Waals surface area contributed by atoms with Crippen LogP contribution < -0.4 is 10.1 Å². The molecule has 2 aromatic rings. The third kappa shape index (κ3) is 4.40. The van der Waals surface area contributed by atoms with Crippen LogP contribution in [-0.2, 0) is 4.79 Å². The predicted molar refractivity (Wildman–Crippen MR) is 84.7 cm³/mol. The van der Waals surface area contributed by atoms with Gasteiger partial charge in [0.05, 0.1) is 3.57 Å². The molecule has 0 atom stereocenters. The Balaban J connectivity index is 1.88. The van der Waals surface area contributed by atoms with Crippen molar-refractivity contribution in [3.8, 4) is 5.75 Å². The van der Waals surface area contributed by atoms with Crippen molar-refractivity contribution < 1.29 is 9.53 Å². The lowest BCUT2D eigenvalue weighted by Crippen LogP contribution is -2.20. The number of nitrogens with one attached hydrogen (secondary N) is 1. The van der Waals surface area contributed by atoms with E-state index in [1.807, 2.05) is 24.3 Å². The molecule has 1 N–H and O–H groups in total. The highest BCUT2D eigenvalue weighted by Crippen LogP contribution is 2.19. The van der Waals surface area contributed by atoms with Crippen LogP contribution in [0.5, 0.6) is 5.75 Å². The van der Waals surface area contributed by atoms with Gasteiger partial charge in [0.1, 0.15) is 5.75 Å². The van der Waals surface area contributed by atoms with E-state index in [1.54, 1.807) is 24.3 Å². The molecule has 0 unspecified atom stereocenters. The van der Waals surface area contributed by atoms with Crippen molar-refractivity contribution in [1.29, 1.82) is 0 Å². The Bertz CT molecular complexity index is 572. The van der Waals surface area contributed by atoms with Crippen molar-refractivity contribution in [3.63, 3.8) is 0 Å². The van der Waals surface area contributed by atoms with Gasteiger partial charge in [0, 0.05) is 10.7 Å². The summed E-state index contributed by atoms with van der Waals surface area (Å²) in [5.74, 6) is 0.497. The monoisotopic (exact) mass is 387 g/mol. The van der Waals surface area contributed by atoms with Crippen LogP contribution in [0.15, 0.2) is 48.5 Å². The van der Waals surface area contributed by atoms with Crippen molar-refractivity contribution in [1.82, 2.24) is 0 Å². The van der Waals surface area contributed by atoms with Crippen molar-refractivity contribution in [2.75, 3.05) is 11.9 Å². The number of ether oxygens (including phenoxy) is 1. The van der Waals surface area contributed by atoms with Gasteiger partial charge in [-0.3, -0.25) is 4.79 Å². The van der Waals surface area contributed by atoms with E-state index in [2.05, 4.69) is 27.9 Å². The number of benzene rings is 2. The van der Waals surface area contributed by atoms with E-state index >= 15 is 0 Å². The van der Waals surface area contributed by atoms with Gasteiger partial charge in [0.2, 0.25) is 0 Å². The third-order valence-corrected chi connectivity index (χ3v) is 3.47. The van der Waals surface area contributed by atoms with E-state index < -0.39 is 0 Å². The van der Waals surface area contributed by atoms with E-state index in [9.17, 15) is 4.79 Å². The molecular weight excluding hydrogens is 377 g/mol. The largest absolute Gasteiger partial charge is 0.483 e. The molecule has 3 nitrogen and oxygen atoms in total. The normalized spacial score (nSPS) is 10.0. The zero-order valence-electron chi connectivity index (χ0n) is 9.90. The van der Waals surface area contributed by atoms with Crippen LogP contribution in [0.1, 0.15) is 0 Å². The molecule has 0 aliphatic heterocycles. The summed E-state index contributed by atoms with van der Waals surface area (Å²) in [5.41, 5.74) is 0.695. The molecule has 5 heteroatoms. The topological polar surface area (TPSA) is 38.3 Å². The van der Waals surface area contributed by atoms with E-state index in [-0.39, 0.29) is 12.5 Å². The molecule has 0 spiro atoms. The summed E-state index contributed by atoms with van der Waals surface area (Å²) in [6.45, 7) is -0.0252. The molecule has 0 aromatic heterocycles. The fourth-order valence-electron chi connectivity index (χ4n) is 1.44. The van der Waals surface area contributed by atoms with Crippen LogP contribution >= 0.6 is 34.2 Å². The fourth-order valence-corrected chi connectivity index (χ4v) is 2.10. The Kier molecular flexibility index (Phi) is 5.04.